The van der Waals surface area contributed by atoms with Crippen molar-refractivity contribution >= 4 is 22.9 Å². The van der Waals surface area contributed by atoms with Gasteiger partial charge in [0.15, 0.2) is 18.0 Å². The lowest BCUT2D eigenvalue weighted by Crippen LogP contribution is -1.90. The average molecular weight is 1450 g/mol. The van der Waals surface area contributed by atoms with Gasteiger partial charge >= 0.3 is 0 Å². The molecule has 0 saturated heterocycles. The summed E-state index contributed by atoms with van der Waals surface area (Å²) in [6.45, 7) is 44.8. The summed E-state index contributed by atoms with van der Waals surface area (Å²) in [5, 5.41) is 49.5. The summed E-state index contributed by atoms with van der Waals surface area (Å²) < 4.78 is 16.3. The topological polar surface area (TPSA) is 350 Å². The third-order valence-corrected chi connectivity index (χ3v) is 11.1. The molecule has 0 spiro atoms. The fourth-order valence-corrected chi connectivity index (χ4v) is 6.38. The van der Waals surface area contributed by atoms with Crippen molar-refractivity contribution < 1.29 is 9.05 Å². The van der Waals surface area contributed by atoms with E-state index in [-0.39, 0.29) is 0 Å². The molecule has 31 heteroatoms. The fraction of sp³-hybridized carbons (Fsp3) is 0.361. The molecule has 29 nitrogen and oxygen atoms in total. The first-order valence-electron chi connectivity index (χ1n) is 32.8. The van der Waals surface area contributed by atoms with Crippen LogP contribution in [0, 0.1) is 104 Å². The Morgan fingerprint density at radius 2 is 0.816 bits per heavy atom. The molecule has 14 aromatic rings. The number of nitrogens with zero attached hydrogens (tertiary/aromatic N) is 27. The van der Waals surface area contributed by atoms with Crippen molar-refractivity contribution in [3.05, 3.63) is 274 Å². The molecule has 0 saturated carbocycles. The Labute approximate surface area is 618 Å². The molecule has 0 aliphatic heterocycles. The van der Waals surface area contributed by atoms with Gasteiger partial charge in [-0.1, -0.05) is 90.0 Å². The molecule has 0 aromatic carbocycles. The monoisotopic (exact) mass is 1450 g/mol. The lowest BCUT2D eigenvalue weighted by Gasteiger charge is -1.82. The summed E-state index contributed by atoms with van der Waals surface area (Å²) in [4.78, 5) is 40.2. The molecular formula is C72H109N27O2S2. The predicted octanol–water partition coefficient (Wildman–Crippen LogP) is 15.1. The Morgan fingerprint density at radius 1 is 0.350 bits per heavy atom. The van der Waals surface area contributed by atoms with Gasteiger partial charge < -0.3 is 9.05 Å². The lowest BCUT2D eigenvalue weighted by atomic mass is 10.3. The maximum absolute atomic E-state index is 4.60. The Balaban J connectivity index is -0.000000508. The Morgan fingerprint density at radius 3 is 0.951 bits per heavy atom. The van der Waals surface area contributed by atoms with Gasteiger partial charge in [-0.15, -0.1) is 36.8 Å². The van der Waals surface area contributed by atoms with Crippen molar-refractivity contribution in [1.82, 2.24) is 135 Å². The van der Waals surface area contributed by atoms with Crippen LogP contribution in [0.25, 0.3) is 0 Å². The largest absolute Gasteiger partial charge is 0.340 e. The highest BCUT2D eigenvalue weighted by Gasteiger charge is 1.92. The highest BCUT2D eigenvalue weighted by atomic mass is 32.1. The van der Waals surface area contributed by atoms with E-state index in [0.717, 1.165) is 37.9 Å². The van der Waals surface area contributed by atoms with Crippen molar-refractivity contribution in [1.29, 1.82) is 0 Å². The normalized spacial score (nSPS) is 8.49. The molecule has 14 rings (SSSR count). The Bertz CT molecular complexity index is 3210. The molecule has 0 aliphatic carbocycles. The molecule has 0 amide bonds. The molecule has 14 aromatic heterocycles. The third kappa shape index (κ3) is 69.0. The van der Waals surface area contributed by atoms with Gasteiger partial charge in [-0.2, -0.15) is 34.4 Å². The summed E-state index contributed by atoms with van der Waals surface area (Å²) in [5.41, 5.74) is 8.04. The molecule has 0 aliphatic rings. The summed E-state index contributed by atoms with van der Waals surface area (Å²) in [7, 11) is 5.31. The molecule has 556 valence electrons. The standard InChI is InChI=1S/6C6H7N.C5H6N2.2C4H6N2O.2C4H6N2S.C3H5N3.2C2H4N4.4C2H6/c2*1-6-2-4-7-5-3-6;2*1-6-3-2-4-7-5-6;2*1-6-4-2-3-5-7-6;1-5-3-2-4-6-7-5;2*1-3-5-4(2)7-6-3;1-3-5-6-4(2)7-3;1-3-5-4(2)7-6-3;1-6-3-4-2-5-6;1-6-2-3-4-5-6;1-6-4-2-3-5-6;4*1-2/h6*2-5H,1H3;2-4H,1H3;4*1-2H3;2-3H,1H3;2*2H,1H3;4*1-2H3. The van der Waals surface area contributed by atoms with E-state index in [0.29, 0.717) is 23.4 Å². The molecule has 0 N–H and O–H groups in total. The molecule has 0 atom stereocenters. The van der Waals surface area contributed by atoms with E-state index in [1.807, 2.05) is 248 Å². The van der Waals surface area contributed by atoms with E-state index in [1.165, 1.54) is 62.2 Å². The van der Waals surface area contributed by atoms with Crippen molar-refractivity contribution in [2.75, 3.05) is 0 Å². The zero-order valence-electron chi connectivity index (χ0n) is 65.1. The first kappa shape index (κ1) is 98.0. The molecule has 0 unspecified atom stereocenters. The van der Waals surface area contributed by atoms with E-state index >= 15 is 0 Å². The highest BCUT2D eigenvalue weighted by molar-refractivity contribution is 7.11. The quantitative estimate of drug-likeness (QED) is 0.136. The van der Waals surface area contributed by atoms with Crippen molar-refractivity contribution in [2.45, 2.75) is 159 Å². The van der Waals surface area contributed by atoms with Gasteiger partial charge in [-0.3, -0.25) is 34.6 Å². The number of aryl methyl sites for hydroxylation is 18. The molecule has 0 radical (unpaired) electrons. The van der Waals surface area contributed by atoms with Crippen LogP contribution in [0.15, 0.2) is 200 Å². The number of rotatable bonds is 0. The van der Waals surface area contributed by atoms with Gasteiger partial charge in [0, 0.05) is 107 Å². The summed E-state index contributed by atoms with van der Waals surface area (Å²) in [5.74, 6) is 3.51. The molecular weight excluding hydrogens is 1340 g/mol. The molecule has 14 heterocycles. The maximum atomic E-state index is 4.60. The minimum atomic E-state index is 0.623. The predicted molar refractivity (Wildman–Crippen MR) is 411 cm³/mol. The first-order chi connectivity index (χ1) is 49.6. The van der Waals surface area contributed by atoms with E-state index in [2.05, 4.69) is 130 Å². The van der Waals surface area contributed by atoms with E-state index in [4.69, 9.17) is 0 Å². The Hall–Kier alpha value is -11.3. The van der Waals surface area contributed by atoms with Crippen molar-refractivity contribution in [3.63, 3.8) is 0 Å². The second-order valence-electron chi connectivity index (χ2n) is 18.8. The third-order valence-electron chi connectivity index (χ3n) is 9.60. The van der Waals surface area contributed by atoms with Crippen LogP contribution in [-0.2, 0) is 21.1 Å². The number of tetrazole rings is 2. The molecule has 0 bridgehead atoms. The van der Waals surface area contributed by atoms with Crippen LogP contribution < -0.4 is 0 Å². The minimum Gasteiger partial charge on any atom is -0.340 e. The van der Waals surface area contributed by atoms with Crippen LogP contribution in [-0.4, -0.2) is 135 Å². The van der Waals surface area contributed by atoms with Gasteiger partial charge in [-0.25, -0.2) is 14.6 Å². The average Bonchev–Trinajstić information content (AvgIpc) is 1.96. The number of pyridine rings is 6. The van der Waals surface area contributed by atoms with Gasteiger partial charge in [0.25, 0.3) is 0 Å². The number of hydrogen-bond acceptors (Lipinski definition) is 28. The molecule has 0 fully saturated rings. The van der Waals surface area contributed by atoms with Gasteiger partial charge in [-0.05, 0) is 212 Å². The summed E-state index contributed by atoms with van der Waals surface area (Å²) in [6.07, 6.45) is 25.6. The van der Waals surface area contributed by atoms with Crippen molar-refractivity contribution in [2.24, 2.45) is 21.1 Å². The van der Waals surface area contributed by atoms with Crippen LogP contribution in [0.4, 0.5) is 0 Å². The van der Waals surface area contributed by atoms with Crippen LogP contribution in [0.3, 0.4) is 0 Å². The van der Waals surface area contributed by atoms with Gasteiger partial charge in [0.2, 0.25) is 11.8 Å². The van der Waals surface area contributed by atoms with Crippen LogP contribution in [0.5, 0.6) is 0 Å². The first-order valence-corrected chi connectivity index (χ1v) is 34.3. The minimum absolute atomic E-state index is 0.623. The highest BCUT2D eigenvalue weighted by Crippen LogP contribution is 2.04. The van der Waals surface area contributed by atoms with E-state index in [1.54, 1.807) is 120 Å². The Kier molecular flexibility index (Phi) is 67.1. The fourth-order valence-electron chi connectivity index (χ4n) is 5.32. The second kappa shape index (κ2) is 70.5. The summed E-state index contributed by atoms with van der Waals surface area (Å²) in [6, 6.07) is 31.3. The number of hydrogen-bond donors (Lipinski definition) is 0. The summed E-state index contributed by atoms with van der Waals surface area (Å²) >= 11 is 3.06. The second-order valence-corrected chi connectivity index (χ2v) is 21.2. The number of aromatic nitrogens is 27. The lowest BCUT2D eigenvalue weighted by molar-refractivity contribution is 0.389. The maximum Gasteiger partial charge on any atom is 0.223 e. The van der Waals surface area contributed by atoms with Crippen LogP contribution in [0.2, 0.25) is 0 Å². The van der Waals surface area contributed by atoms with E-state index in [9.17, 15) is 0 Å². The zero-order chi connectivity index (χ0) is 78.1. The van der Waals surface area contributed by atoms with Crippen LogP contribution >= 0.6 is 22.9 Å². The van der Waals surface area contributed by atoms with Gasteiger partial charge in [0.1, 0.15) is 39.8 Å². The zero-order valence-corrected chi connectivity index (χ0v) is 66.7. The van der Waals surface area contributed by atoms with Gasteiger partial charge in [0.05, 0.1) is 12.7 Å². The van der Waals surface area contributed by atoms with Crippen molar-refractivity contribution in [3.8, 4) is 0 Å². The molecule has 103 heavy (non-hydrogen) atoms. The SMILES string of the molecule is CC.CC.CC.CC.Cc1ccccn1.Cc1ccccn1.Cc1cccnc1.Cc1cccnc1.Cc1cccnn1.Cc1ccncc1.Cc1ccncc1.Cc1nnc(C)s1.Cc1noc(C)n1.Cc1noc(C)n1.Cc1nsc(C)n1.Cn1cncn1.Cn1cnnn1.Cn1ncnn1. The van der Waals surface area contributed by atoms with Crippen LogP contribution in [0.1, 0.15) is 139 Å². The smallest absolute Gasteiger partial charge is 0.223 e. The van der Waals surface area contributed by atoms with E-state index < -0.39 is 0 Å².